The molecule has 266 valence electrons. The summed E-state index contributed by atoms with van der Waals surface area (Å²) in [5.74, 6) is -0.591. The van der Waals surface area contributed by atoms with Crippen LogP contribution in [0.1, 0.15) is 226 Å². The van der Waals surface area contributed by atoms with Crippen molar-refractivity contribution in [2.45, 2.75) is 232 Å². The Morgan fingerprint density at radius 2 is 0.844 bits per heavy atom. The van der Waals surface area contributed by atoms with Crippen LogP contribution in [0.4, 0.5) is 0 Å². The molecule has 45 heavy (non-hydrogen) atoms. The van der Waals surface area contributed by atoms with E-state index in [1.54, 1.807) is 0 Å². The Bertz CT molecular complexity index is 643. The SMILES string of the molecule is CCCCCCCC/C=C\CCCCCCCC(=O)OC(CCCCCCCCCCCCCCCC)C(=O)OCCCCC. The molecule has 0 aliphatic carbocycles. The van der Waals surface area contributed by atoms with E-state index in [2.05, 4.69) is 32.9 Å². The van der Waals surface area contributed by atoms with Gasteiger partial charge in [-0.15, -0.1) is 0 Å². The number of ether oxygens (including phenoxy) is 2. The van der Waals surface area contributed by atoms with E-state index in [1.807, 2.05) is 0 Å². The van der Waals surface area contributed by atoms with Gasteiger partial charge in [-0.3, -0.25) is 4.79 Å². The van der Waals surface area contributed by atoms with Crippen LogP contribution in [0, 0.1) is 0 Å². The predicted octanol–water partition coefficient (Wildman–Crippen LogP) is 13.5. The van der Waals surface area contributed by atoms with Crippen LogP contribution in [-0.4, -0.2) is 24.6 Å². The second kappa shape index (κ2) is 37.1. The zero-order chi connectivity index (χ0) is 32.9. The van der Waals surface area contributed by atoms with Crippen LogP contribution in [0.3, 0.4) is 0 Å². The standard InChI is InChI=1S/C41H78O4/c1-4-7-10-12-14-16-18-20-22-24-26-28-30-32-34-37-40(42)45-39(41(43)44-38-35-9-6-3)36-33-31-29-27-25-23-21-19-17-15-13-11-8-5-2/h20,22,39H,4-19,21,23-38H2,1-3H3/b22-20-. The van der Waals surface area contributed by atoms with Gasteiger partial charge >= 0.3 is 11.9 Å². The van der Waals surface area contributed by atoms with E-state index < -0.39 is 6.10 Å². The Hall–Kier alpha value is -1.32. The Balaban J connectivity index is 4.00. The second-order valence-corrected chi connectivity index (χ2v) is 13.6. The van der Waals surface area contributed by atoms with Crippen molar-refractivity contribution in [1.82, 2.24) is 0 Å². The lowest BCUT2D eigenvalue weighted by Gasteiger charge is -2.17. The van der Waals surface area contributed by atoms with Crippen molar-refractivity contribution in [1.29, 1.82) is 0 Å². The van der Waals surface area contributed by atoms with Gasteiger partial charge in [-0.25, -0.2) is 4.79 Å². The highest BCUT2D eigenvalue weighted by molar-refractivity contribution is 5.79. The van der Waals surface area contributed by atoms with Crippen molar-refractivity contribution in [2.24, 2.45) is 0 Å². The first-order chi connectivity index (χ1) is 22.2. The van der Waals surface area contributed by atoms with E-state index in [1.165, 1.54) is 141 Å². The molecule has 0 aliphatic rings. The molecule has 1 unspecified atom stereocenters. The maximum absolute atomic E-state index is 12.7. The summed E-state index contributed by atoms with van der Waals surface area (Å²) in [5, 5.41) is 0. The van der Waals surface area contributed by atoms with E-state index >= 15 is 0 Å². The number of rotatable bonds is 36. The van der Waals surface area contributed by atoms with Crippen LogP contribution in [-0.2, 0) is 19.1 Å². The van der Waals surface area contributed by atoms with Crippen molar-refractivity contribution in [3.63, 3.8) is 0 Å². The van der Waals surface area contributed by atoms with E-state index in [0.717, 1.165) is 51.4 Å². The van der Waals surface area contributed by atoms with Crippen LogP contribution in [0.25, 0.3) is 0 Å². The first-order valence-corrected chi connectivity index (χ1v) is 20.2. The third-order valence-electron chi connectivity index (χ3n) is 8.99. The molecular formula is C41H78O4. The van der Waals surface area contributed by atoms with Gasteiger partial charge in [-0.05, 0) is 51.4 Å². The molecular weight excluding hydrogens is 556 g/mol. The van der Waals surface area contributed by atoms with Gasteiger partial charge in [0.15, 0.2) is 6.10 Å². The van der Waals surface area contributed by atoms with Gasteiger partial charge < -0.3 is 9.47 Å². The molecule has 0 N–H and O–H groups in total. The molecule has 0 heterocycles. The number of unbranched alkanes of at least 4 members (excludes halogenated alkanes) is 26. The minimum absolute atomic E-state index is 0.242. The molecule has 4 nitrogen and oxygen atoms in total. The fraction of sp³-hybridized carbons (Fsp3) is 0.902. The fourth-order valence-electron chi connectivity index (χ4n) is 5.92. The lowest BCUT2D eigenvalue weighted by molar-refractivity contribution is -0.168. The van der Waals surface area contributed by atoms with Gasteiger partial charge in [-0.2, -0.15) is 0 Å². The average molecular weight is 635 g/mol. The third kappa shape index (κ3) is 33.8. The summed E-state index contributed by atoms with van der Waals surface area (Å²) in [6.45, 7) is 7.10. The summed E-state index contributed by atoms with van der Waals surface area (Å²) in [4.78, 5) is 25.3. The normalized spacial score (nSPS) is 12.2. The van der Waals surface area contributed by atoms with Gasteiger partial charge in [-0.1, -0.05) is 181 Å². The van der Waals surface area contributed by atoms with Crippen LogP contribution >= 0.6 is 0 Å². The maximum Gasteiger partial charge on any atom is 0.347 e. The Morgan fingerprint density at radius 3 is 1.31 bits per heavy atom. The van der Waals surface area contributed by atoms with E-state index in [4.69, 9.17) is 9.47 Å². The molecule has 0 radical (unpaired) electrons. The molecule has 0 saturated heterocycles. The topological polar surface area (TPSA) is 52.6 Å². The fourth-order valence-corrected chi connectivity index (χ4v) is 5.92. The second-order valence-electron chi connectivity index (χ2n) is 13.6. The molecule has 0 bridgehead atoms. The third-order valence-corrected chi connectivity index (χ3v) is 8.99. The minimum Gasteiger partial charge on any atom is -0.463 e. The molecule has 0 fully saturated rings. The van der Waals surface area contributed by atoms with Crippen molar-refractivity contribution in [3.05, 3.63) is 12.2 Å². The maximum atomic E-state index is 12.7. The van der Waals surface area contributed by atoms with Gasteiger partial charge in [0.25, 0.3) is 0 Å². The first kappa shape index (κ1) is 43.7. The van der Waals surface area contributed by atoms with Gasteiger partial charge in [0.05, 0.1) is 6.61 Å². The zero-order valence-electron chi connectivity index (χ0n) is 30.7. The zero-order valence-corrected chi connectivity index (χ0v) is 30.7. The number of hydrogen-bond acceptors (Lipinski definition) is 4. The largest absolute Gasteiger partial charge is 0.463 e. The lowest BCUT2D eigenvalue weighted by atomic mass is 10.0. The number of allylic oxidation sites excluding steroid dienone is 2. The molecule has 0 amide bonds. The summed E-state index contributed by atoms with van der Waals surface area (Å²) in [6.07, 6.45) is 42.2. The summed E-state index contributed by atoms with van der Waals surface area (Å²) < 4.78 is 11.2. The highest BCUT2D eigenvalue weighted by atomic mass is 16.6. The number of carbonyl (C=O) groups is 2. The predicted molar refractivity (Wildman–Crippen MR) is 195 cm³/mol. The average Bonchev–Trinajstić information content (AvgIpc) is 3.04. The highest BCUT2D eigenvalue weighted by Crippen LogP contribution is 2.16. The number of hydrogen-bond donors (Lipinski definition) is 0. The molecule has 4 heteroatoms. The van der Waals surface area contributed by atoms with Gasteiger partial charge in [0.1, 0.15) is 0 Å². The van der Waals surface area contributed by atoms with E-state index in [9.17, 15) is 9.59 Å². The molecule has 0 aromatic carbocycles. The molecule has 0 aromatic rings. The van der Waals surface area contributed by atoms with Crippen molar-refractivity contribution in [3.8, 4) is 0 Å². The van der Waals surface area contributed by atoms with E-state index in [-0.39, 0.29) is 11.9 Å². The summed E-state index contributed by atoms with van der Waals surface area (Å²) in [6, 6.07) is 0. The molecule has 0 spiro atoms. The monoisotopic (exact) mass is 635 g/mol. The summed E-state index contributed by atoms with van der Waals surface area (Å²) in [7, 11) is 0. The van der Waals surface area contributed by atoms with Crippen LogP contribution in [0.5, 0.6) is 0 Å². The molecule has 0 aromatic heterocycles. The number of carbonyl (C=O) groups excluding carboxylic acids is 2. The molecule has 0 rings (SSSR count). The van der Waals surface area contributed by atoms with Crippen molar-refractivity contribution >= 4 is 11.9 Å². The van der Waals surface area contributed by atoms with Crippen LogP contribution in [0.2, 0.25) is 0 Å². The first-order valence-electron chi connectivity index (χ1n) is 20.2. The summed E-state index contributed by atoms with van der Waals surface area (Å²) >= 11 is 0. The van der Waals surface area contributed by atoms with E-state index in [0.29, 0.717) is 19.4 Å². The molecule has 1 atom stereocenters. The van der Waals surface area contributed by atoms with Gasteiger partial charge in [0.2, 0.25) is 0 Å². The van der Waals surface area contributed by atoms with Gasteiger partial charge in [0, 0.05) is 6.42 Å². The number of esters is 2. The minimum atomic E-state index is -0.736. The molecule has 0 aliphatic heterocycles. The van der Waals surface area contributed by atoms with Crippen molar-refractivity contribution in [2.75, 3.05) is 6.61 Å². The van der Waals surface area contributed by atoms with Crippen LogP contribution < -0.4 is 0 Å². The Labute approximate surface area is 281 Å². The Morgan fingerprint density at radius 1 is 0.467 bits per heavy atom. The smallest absolute Gasteiger partial charge is 0.347 e. The van der Waals surface area contributed by atoms with Crippen molar-refractivity contribution < 1.29 is 19.1 Å². The van der Waals surface area contributed by atoms with Crippen LogP contribution in [0.15, 0.2) is 12.2 Å². The lowest BCUT2D eigenvalue weighted by Crippen LogP contribution is -2.29. The highest BCUT2D eigenvalue weighted by Gasteiger charge is 2.24. The summed E-state index contributed by atoms with van der Waals surface area (Å²) in [5.41, 5.74) is 0. The molecule has 0 saturated carbocycles. The quantitative estimate of drug-likeness (QED) is 0.0391. The Kier molecular flexibility index (Phi) is 36.1.